The van der Waals surface area contributed by atoms with Crippen LogP contribution in [-0.4, -0.2) is 51.4 Å². The monoisotopic (exact) mass is 372 g/mol. The fourth-order valence-corrected chi connectivity index (χ4v) is 2.54. The number of benzene rings is 2. The Morgan fingerprint density at radius 2 is 1.48 bits per heavy atom. The lowest BCUT2D eigenvalue weighted by molar-refractivity contribution is 0.104. The van der Waals surface area contributed by atoms with Crippen molar-refractivity contribution in [2.24, 2.45) is 0 Å². The molecule has 2 aromatic carbocycles. The SMILES string of the molecule is COc1cc(/C=C/C(=O)c2cc(OC)c(OC)c(OC)c2)ccc1B(O)O. The second-order valence-corrected chi connectivity index (χ2v) is 5.49. The number of methoxy groups -OCH3 is 4. The van der Waals surface area contributed by atoms with Crippen molar-refractivity contribution in [1.29, 1.82) is 0 Å². The highest BCUT2D eigenvalue weighted by molar-refractivity contribution is 6.59. The lowest BCUT2D eigenvalue weighted by Crippen LogP contribution is -2.31. The van der Waals surface area contributed by atoms with Gasteiger partial charge in [-0.25, -0.2) is 0 Å². The molecule has 0 aliphatic heterocycles. The normalized spacial score (nSPS) is 10.6. The Kier molecular flexibility index (Phi) is 6.87. The summed E-state index contributed by atoms with van der Waals surface area (Å²) in [5, 5.41) is 18.6. The topological polar surface area (TPSA) is 94.5 Å². The van der Waals surface area contributed by atoms with Gasteiger partial charge in [-0.3, -0.25) is 4.79 Å². The molecule has 0 amide bonds. The molecule has 2 aromatic rings. The van der Waals surface area contributed by atoms with E-state index in [9.17, 15) is 14.8 Å². The molecule has 7 nitrogen and oxygen atoms in total. The molecule has 0 saturated heterocycles. The molecule has 0 heterocycles. The average molecular weight is 372 g/mol. The Balaban J connectivity index is 2.32. The number of carbonyl (C=O) groups is 1. The molecule has 0 fully saturated rings. The summed E-state index contributed by atoms with van der Waals surface area (Å²) in [6.45, 7) is 0. The third kappa shape index (κ3) is 4.61. The number of allylic oxidation sites excluding steroid dienone is 1. The van der Waals surface area contributed by atoms with Gasteiger partial charge in [-0.05, 0) is 29.8 Å². The molecule has 0 aliphatic carbocycles. The van der Waals surface area contributed by atoms with Crippen LogP contribution < -0.4 is 24.4 Å². The van der Waals surface area contributed by atoms with Gasteiger partial charge in [0.25, 0.3) is 0 Å². The molecule has 0 spiro atoms. The minimum Gasteiger partial charge on any atom is -0.497 e. The second-order valence-electron chi connectivity index (χ2n) is 5.49. The summed E-state index contributed by atoms with van der Waals surface area (Å²) >= 11 is 0. The van der Waals surface area contributed by atoms with Crippen molar-refractivity contribution in [2.45, 2.75) is 0 Å². The molecular formula is C19H21BO7. The van der Waals surface area contributed by atoms with Crippen molar-refractivity contribution in [2.75, 3.05) is 28.4 Å². The third-order valence-corrected chi connectivity index (χ3v) is 3.91. The van der Waals surface area contributed by atoms with E-state index in [4.69, 9.17) is 18.9 Å². The molecule has 0 radical (unpaired) electrons. The minimum absolute atomic E-state index is 0.241. The van der Waals surface area contributed by atoms with Gasteiger partial charge in [-0.1, -0.05) is 18.2 Å². The Morgan fingerprint density at radius 3 is 1.96 bits per heavy atom. The molecule has 0 bridgehead atoms. The van der Waals surface area contributed by atoms with E-state index in [1.807, 2.05) is 0 Å². The number of ether oxygens (including phenoxy) is 4. The van der Waals surface area contributed by atoms with E-state index >= 15 is 0 Å². The number of carbonyl (C=O) groups excluding carboxylic acids is 1. The lowest BCUT2D eigenvalue weighted by Gasteiger charge is -2.13. The van der Waals surface area contributed by atoms with Crippen LogP contribution in [0.3, 0.4) is 0 Å². The predicted octanol–water partition coefficient (Wildman–Crippen LogP) is 1.30. The van der Waals surface area contributed by atoms with E-state index in [0.717, 1.165) is 0 Å². The van der Waals surface area contributed by atoms with Crippen LogP contribution in [-0.2, 0) is 0 Å². The average Bonchev–Trinajstić information content (AvgIpc) is 2.70. The van der Waals surface area contributed by atoms with Crippen molar-refractivity contribution < 1.29 is 33.8 Å². The van der Waals surface area contributed by atoms with Gasteiger partial charge in [-0.2, -0.15) is 0 Å². The molecule has 0 unspecified atom stereocenters. The van der Waals surface area contributed by atoms with Crippen LogP contribution in [0.15, 0.2) is 36.4 Å². The van der Waals surface area contributed by atoms with Crippen LogP contribution in [0.2, 0.25) is 0 Å². The van der Waals surface area contributed by atoms with Gasteiger partial charge in [0, 0.05) is 11.0 Å². The summed E-state index contributed by atoms with van der Waals surface area (Å²) in [5.74, 6) is 1.23. The Labute approximate surface area is 157 Å². The first kappa shape index (κ1) is 20.3. The molecule has 0 saturated carbocycles. The van der Waals surface area contributed by atoms with Gasteiger partial charge >= 0.3 is 7.12 Å². The second kappa shape index (κ2) is 9.11. The summed E-state index contributed by atoms with van der Waals surface area (Å²) in [7, 11) is 4.23. The summed E-state index contributed by atoms with van der Waals surface area (Å²) in [4.78, 5) is 12.5. The Morgan fingerprint density at radius 1 is 0.889 bits per heavy atom. The first-order valence-corrected chi connectivity index (χ1v) is 8.01. The van der Waals surface area contributed by atoms with Crippen LogP contribution in [0.5, 0.6) is 23.0 Å². The maximum atomic E-state index is 12.5. The molecule has 2 N–H and O–H groups in total. The van der Waals surface area contributed by atoms with Crippen LogP contribution in [0.1, 0.15) is 15.9 Å². The van der Waals surface area contributed by atoms with Crippen molar-refractivity contribution in [1.82, 2.24) is 0 Å². The quantitative estimate of drug-likeness (QED) is 0.410. The zero-order valence-electron chi connectivity index (χ0n) is 15.6. The molecule has 142 valence electrons. The molecule has 27 heavy (non-hydrogen) atoms. The van der Waals surface area contributed by atoms with Crippen LogP contribution >= 0.6 is 0 Å². The van der Waals surface area contributed by atoms with Crippen molar-refractivity contribution in [3.05, 3.63) is 47.5 Å². The van der Waals surface area contributed by atoms with Gasteiger partial charge in [0.1, 0.15) is 5.75 Å². The number of ketones is 1. The fraction of sp³-hybridized carbons (Fsp3) is 0.211. The van der Waals surface area contributed by atoms with Crippen LogP contribution in [0.25, 0.3) is 6.08 Å². The summed E-state index contributed by atoms with van der Waals surface area (Å²) in [6, 6.07) is 7.91. The first-order valence-electron chi connectivity index (χ1n) is 8.01. The Bertz CT molecular complexity index is 821. The van der Waals surface area contributed by atoms with E-state index in [1.165, 1.54) is 40.6 Å². The van der Waals surface area contributed by atoms with Gasteiger partial charge in [0.05, 0.1) is 28.4 Å². The summed E-state index contributed by atoms with van der Waals surface area (Å²) in [6.07, 6.45) is 2.99. The smallest absolute Gasteiger partial charge is 0.492 e. The molecular weight excluding hydrogens is 351 g/mol. The van der Waals surface area contributed by atoms with E-state index in [-0.39, 0.29) is 11.2 Å². The highest BCUT2D eigenvalue weighted by atomic mass is 16.5. The highest BCUT2D eigenvalue weighted by Gasteiger charge is 2.17. The molecule has 2 rings (SSSR count). The van der Waals surface area contributed by atoms with Crippen LogP contribution in [0, 0.1) is 0 Å². The number of hydrogen-bond acceptors (Lipinski definition) is 7. The zero-order valence-corrected chi connectivity index (χ0v) is 15.6. The first-order chi connectivity index (χ1) is 12.9. The van der Waals surface area contributed by atoms with Gasteiger partial charge in [-0.15, -0.1) is 0 Å². The molecule has 0 atom stereocenters. The molecule has 0 aliphatic rings. The van der Waals surface area contributed by atoms with Gasteiger partial charge in [0.2, 0.25) is 5.75 Å². The van der Waals surface area contributed by atoms with E-state index < -0.39 is 7.12 Å². The third-order valence-electron chi connectivity index (χ3n) is 3.91. The van der Waals surface area contributed by atoms with Crippen molar-refractivity contribution in [3.8, 4) is 23.0 Å². The van der Waals surface area contributed by atoms with E-state index in [1.54, 1.807) is 30.3 Å². The largest absolute Gasteiger partial charge is 0.497 e. The minimum atomic E-state index is -1.64. The van der Waals surface area contributed by atoms with Crippen molar-refractivity contribution >= 4 is 24.4 Å². The standard InChI is InChI=1S/C19H21BO7/c1-24-16-9-12(5-7-14(16)20(22)23)6-8-15(21)13-10-17(25-2)19(27-4)18(11-13)26-3/h5-11,22-23H,1-4H3/b8-6+. The predicted molar refractivity (Wildman–Crippen MR) is 102 cm³/mol. The number of hydrogen-bond donors (Lipinski definition) is 2. The zero-order chi connectivity index (χ0) is 20.0. The van der Waals surface area contributed by atoms with E-state index in [2.05, 4.69) is 0 Å². The van der Waals surface area contributed by atoms with Crippen LogP contribution in [0.4, 0.5) is 0 Å². The summed E-state index contributed by atoms with van der Waals surface area (Å²) < 4.78 is 20.9. The highest BCUT2D eigenvalue weighted by Crippen LogP contribution is 2.38. The maximum absolute atomic E-state index is 12.5. The maximum Gasteiger partial charge on any atom is 0.492 e. The lowest BCUT2D eigenvalue weighted by atomic mass is 9.79. The van der Waals surface area contributed by atoms with E-state index in [0.29, 0.717) is 34.1 Å². The number of rotatable bonds is 8. The fourth-order valence-electron chi connectivity index (χ4n) is 2.54. The summed E-state index contributed by atoms with van der Waals surface area (Å²) in [5.41, 5.74) is 1.28. The van der Waals surface area contributed by atoms with Gasteiger partial charge in [0.15, 0.2) is 17.3 Å². The molecule has 0 aromatic heterocycles. The Hall–Kier alpha value is -2.97. The van der Waals surface area contributed by atoms with Gasteiger partial charge < -0.3 is 29.0 Å². The van der Waals surface area contributed by atoms with Crippen molar-refractivity contribution in [3.63, 3.8) is 0 Å². The molecule has 8 heteroatoms.